The van der Waals surface area contributed by atoms with Crippen molar-refractivity contribution in [2.75, 3.05) is 20.1 Å². The van der Waals surface area contributed by atoms with Crippen molar-refractivity contribution >= 4 is 16.8 Å². The van der Waals surface area contributed by atoms with Crippen LogP contribution in [0.1, 0.15) is 28.2 Å². The lowest BCUT2D eigenvalue weighted by Gasteiger charge is -2.13. The van der Waals surface area contributed by atoms with Gasteiger partial charge in [0.15, 0.2) is 0 Å². The second-order valence-electron chi connectivity index (χ2n) is 8.66. The van der Waals surface area contributed by atoms with E-state index in [1.165, 1.54) is 0 Å². The van der Waals surface area contributed by atoms with Gasteiger partial charge in [-0.2, -0.15) is 10.4 Å². The topological polar surface area (TPSA) is 91.8 Å². The van der Waals surface area contributed by atoms with E-state index in [1.54, 1.807) is 16.8 Å². The highest BCUT2D eigenvalue weighted by Crippen LogP contribution is 2.28. The lowest BCUT2D eigenvalue weighted by molar-refractivity contribution is 0.0933. The number of likely N-dealkylation sites (tertiary alicyclic amines) is 1. The summed E-state index contributed by atoms with van der Waals surface area (Å²) < 4.78 is 3.79. The van der Waals surface area contributed by atoms with Gasteiger partial charge in [0.1, 0.15) is 11.5 Å². The number of fused-ring (bicyclic) bond motifs is 1. The van der Waals surface area contributed by atoms with Crippen LogP contribution in [0.15, 0.2) is 48.7 Å². The fourth-order valence-electron chi connectivity index (χ4n) is 4.50. The minimum absolute atomic E-state index is 0.122. The Bertz CT molecular complexity index is 1390. The Morgan fingerprint density at radius 2 is 1.97 bits per heavy atom. The number of likely N-dealkylation sites (N-methyl/N-ethyl adjacent to an activating group) is 1. The van der Waals surface area contributed by atoms with E-state index in [1.807, 2.05) is 49.0 Å². The molecule has 5 rings (SSSR count). The molecule has 33 heavy (non-hydrogen) atoms. The molecule has 1 atom stereocenters. The van der Waals surface area contributed by atoms with Crippen LogP contribution in [0.5, 0.6) is 0 Å². The van der Waals surface area contributed by atoms with Crippen molar-refractivity contribution in [1.82, 2.24) is 29.5 Å². The fraction of sp³-hybridized carbons (Fsp3) is 0.280. The van der Waals surface area contributed by atoms with Gasteiger partial charge in [-0.1, -0.05) is 0 Å². The molecule has 2 aromatic heterocycles. The second kappa shape index (κ2) is 8.19. The Morgan fingerprint density at radius 3 is 2.67 bits per heavy atom. The molecule has 1 N–H and O–H groups in total. The molecule has 1 unspecified atom stereocenters. The van der Waals surface area contributed by atoms with Gasteiger partial charge in [-0.25, -0.2) is 4.98 Å². The van der Waals surface area contributed by atoms with Crippen molar-refractivity contribution in [3.05, 3.63) is 65.6 Å². The van der Waals surface area contributed by atoms with Gasteiger partial charge in [0.05, 0.1) is 22.8 Å². The van der Waals surface area contributed by atoms with Gasteiger partial charge in [-0.15, -0.1) is 0 Å². The lowest BCUT2D eigenvalue weighted by Crippen LogP contribution is -2.37. The van der Waals surface area contributed by atoms with Crippen LogP contribution in [0.25, 0.3) is 28.0 Å². The molecular weight excluding hydrogens is 414 g/mol. The number of hydrogen-bond donors (Lipinski definition) is 1. The van der Waals surface area contributed by atoms with Gasteiger partial charge in [0.25, 0.3) is 5.91 Å². The van der Waals surface area contributed by atoms with E-state index in [9.17, 15) is 10.1 Å². The van der Waals surface area contributed by atoms with Crippen molar-refractivity contribution in [2.24, 2.45) is 7.05 Å². The number of nitriles is 1. The molecule has 1 fully saturated rings. The number of imidazole rings is 1. The molecule has 0 radical (unpaired) electrons. The number of carbonyl (C=O) groups excluding carboxylic acids is 1. The minimum Gasteiger partial charge on any atom is -0.347 e. The molecule has 0 bridgehead atoms. The Labute approximate surface area is 192 Å². The van der Waals surface area contributed by atoms with Gasteiger partial charge >= 0.3 is 0 Å². The normalized spacial score (nSPS) is 16.2. The first kappa shape index (κ1) is 20.9. The average molecular weight is 440 g/mol. The van der Waals surface area contributed by atoms with E-state index < -0.39 is 0 Å². The predicted octanol–water partition coefficient (Wildman–Crippen LogP) is 3.04. The van der Waals surface area contributed by atoms with Gasteiger partial charge in [0, 0.05) is 42.5 Å². The number of hydrogen-bond acceptors (Lipinski definition) is 5. The van der Waals surface area contributed by atoms with E-state index in [0.717, 1.165) is 47.4 Å². The Hall–Kier alpha value is -3.96. The number of carbonyl (C=O) groups is 1. The smallest absolute Gasteiger partial charge is 0.272 e. The second-order valence-corrected chi connectivity index (χ2v) is 8.66. The fourth-order valence-corrected chi connectivity index (χ4v) is 4.50. The zero-order valence-electron chi connectivity index (χ0n) is 18.9. The van der Waals surface area contributed by atoms with Crippen LogP contribution in [-0.2, 0) is 7.05 Å². The zero-order valence-corrected chi connectivity index (χ0v) is 18.9. The Kier molecular flexibility index (Phi) is 5.19. The largest absolute Gasteiger partial charge is 0.347 e. The number of rotatable bonds is 4. The summed E-state index contributed by atoms with van der Waals surface area (Å²) in [4.78, 5) is 20.2. The van der Waals surface area contributed by atoms with E-state index in [-0.39, 0.29) is 11.9 Å². The van der Waals surface area contributed by atoms with Gasteiger partial charge in [-0.05, 0) is 69.4 Å². The van der Waals surface area contributed by atoms with Gasteiger partial charge in [-0.3, -0.25) is 14.0 Å². The molecule has 1 aliphatic heterocycles. The maximum atomic E-state index is 13.2. The number of aromatic nitrogens is 4. The minimum atomic E-state index is -0.163. The summed E-state index contributed by atoms with van der Waals surface area (Å²) in [6.45, 7) is 3.73. The summed E-state index contributed by atoms with van der Waals surface area (Å²) in [7, 11) is 3.96. The van der Waals surface area contributed by atoms with Crippen LogP contribution in [0.4, 0.5) is 0 Å². The highest BCUT2D eigenvalue weighted by Gasteiger charge is 2.26. The molecule has 0 spiro atoms. The molecule has 1 aliphatic rings. The third kappa shape index (κ3) is 3.88. The van der Waals surface area contributed by atoms with Crippen molar-refractivity contribution in [3.63, 3.8) is 0 Å². The quantitative estimate of drug-likeness (QED) is 0.528. The lowest BCUT2D eigenvalue weighted by atomic mass is 10.1. The molecule has 4 aromatic rings. The number of benzene rings is 2. The van der Waals surface area contributed by atoms with Crippen molar-refractivity contribution in [3.8, 4) is 23.1 Å². The zero-order chi connectivity index (χ0) is 23.1. The highest BCUT2D eigenvalue weighted by molar-refractivity contribution is 5.95. The summed E-state index contributed by atoms with van der Waals surface area (Å²) in [5.74, 6) is 0.498. The monoisotopic (exact) mass is 439 g/mol. The first-order valence-electron chi connectivity index (χ1n) is 11.0. The molecule has 8 heteroatoms. The van der Waals surface area contributed by atoms with Gasteiger partial charge in [0.2, 0.25) is 0 Å². The molecule has 0 aliphatic carbocycles. The van der Waals surface area contributed by atoms with Crippen LogP contribution >= 0.6 is 0 Å². The maximum Gasteiger partial charge on any atom is 0.272 e. The SMILES string of the molecule is Cc1c(C(=O)NC2CCN(C)C2)nc(-c2ccc(C#N)cc2)n1-c1ccc2nn(C)cc2c1. The number of amides is 1. The molecule has 3 heterocycles. The molecular formula is C25H25N7O. The summed E-state index contributed by atoms with van der Waals surface area (Å²) in [6, 6.07) is 15.6. The summed E-state index contributed by atoms with van der Waals surface area (Å²) >= 11 is 0. The van der Waals surface area contributed by atoms with Crippen LogP contribution in [-0.4, -0.2) is 56.3 Å². The number of nitrogens with one attached hydrogen (secondary N) is 1. The molecule has 1 saturated heterocycles. The third-order valence-electron chi connectivity index (χ3n) is 6.18. The van der Waals surface area contributed by atoms with Gasteiger partial charge < -0.3 is 10.2 Å². The molecule has 8 nitrogen and oxygen atoms in total. The Morgan fingerprint density at radius 1 is 1.18 bits per heavy atom. The molecule has 166 valence electrons. The standard InChI is InChI=1S/C25H25N7O/c1-16-23(25(33)27-20-10-11-30(2)15-20)28-24(18-6-4-17(13-26)5-7-18)32(16)21-8-9-22-19(12-21)14-31(3)29-22/h4-9,12,14,20H,10-11,15H2,1-3H3,(H,27,33). The first-order valence-corrected chi connectivity index (χ1v) is 11.0. The summed E-state index contributed by atoms with van der Waals surface area (Å²) in [5, 5.41) is 17.8. The number of nitrogens with zero attached hydrogens (tertiary/aromatic N) is 6. The van der Waals surface area contributed by atoms with Crippen molar-refractivity contribution in [1.29, 1.82) is 5.26 Å². The van der Waals surface area contributed by atoms with Crippen molar-refractivity contribution in [2.45, 2.75) is 19.4 Å². The van der Waals surface area contributed by atoms with E-state index in [0.29, 0.717) is 17.1 Å². The van der Waals surface area contributed by atoms with Crippen molar-refractivity contribution < 1.29 is 4.79 Å². The molecule has 0 saturated carbocycles. The summed E-state index contributed by atoms with van der Waals surface area (Å²) in [6.07, 6.45) is 2.90. The van der Waals surface area contributed by atoms with Crippen LogP contribution < -0.4 is 5.32 Å². The number of aryl methyl sites for hydroxylation is 1. The average Bonchev–Trinajstić information content (AvgIpc) is 3.49. The highest BCUT2D eigenvalue weighted by atomic mass is 16.2. The predicted molar refractivity (Wildman–Crippen MR) is 126 cm³/mol. The maximum absolute atomic E-state index is 13.2. The van der Waals surface area contributed by atoms with E-state index in [2.05, 4.69) is 34.5 Å². The molecule has 1 amide bonds. The van der Waals surface area contributed by atoms with E-state index >= 15 is 0 Å². The summed E-state index contributed by atoms with van der Waals surface area (Å²) in [5.41, 5.74) is 4.40. The molecule has 2 aromatic carbocycles. The van der Waals surface area contributed by atoms with Crippen LogP contribution in [0.3, 0.4) is 0 Å². The first-order chi connectivity index (χ1) is 15.9. The third-order valence-corrected chi connectivity index (χ3v) is 6.18. The Balaban J connectivity index is 1.61. The van der Waals surface area contributed by atoms with Crippen LogP contribution in [0, 0.1) is 18.3 Å². The van der Waals surface area contributed by atoms with Crippen LogP contribution in [0.2, 0.25) is 0 Å². The van der Waals surface area contributed by atoms with E-state index in [4.69, 9.17) is 4.98 Å².